The monoisotopic (exact) mass is 292 g/mol. The van der Waals surface area contributed by atoms with Crippen molar-refractivity contribution in [2.24, 2.45) is 0 Å². The van der Waals surface area contributed by atoms with Crippen molar-refractivity contribution in [3.8, 4) is 5.69 Å². The van der Waals surface area contributed by atoms with Gasteiger partial charge in [0.25, 0.3) is 0 Å². The SMILES string of the molecule is CCc1ccc(-n2nnnc2CC(SC)C(=O)O)cc1. The van der Waals surface area contributed by atoms with Crippen molar-refractivity contribution < 1.29 is 9.90 Å². The summed E-state index contributed by atoms with van der Waals surface area (Å²) in [4.78, 5) is 11.1. The minimum atomic E-state index is -0.853. The molecule has 0 aliphatic carbocycles. The van der Waals surface area contributed by atoms with Crippen LogP contribution >= 0.6 is 11.8 Å². The van der Waals surface area contributed by atoms with Gasteiger partial charge in [-0.1, -0.05) is 19.1 Å². The van der Waals surface area contributed by atoms with E-state index < -0.39 is 11.2 Å². The molecule has 0 radical (unpaired) electrons. The summed E-state index contributed by atoms with van der Waals surface area (Å²) in [5, 5.41) is 20.1. The van der Waals surface area contributed by atoms with Gasteiger partial charge in [-0.3, -0.25) is 4.79 Å². The number of aryl methyl sites for hydroxylation is 1. The van der Waals surface area contributed by atoms with E-state index in [9.17, 15) is 4.79 Å². The van der Waals surface area contributed by atoms with Crippen LogP contribution in [0.25, 0.3) is 5.69 Å². The molecule has 0 spiro atoms. The number of rotatable bonds is 6. The zero-order valence-corrected chi connectivity index (χ0v) is 12.2. The number of tetrazole rings is 1. The van der Waals surface area contributed by atoms with Gasteiger partial charge in [0.05, 0.1) is 5.69 Å². The average molecular weight is 292 g/mol. The van der Waals surface area contributed by atoms with Crippen LogP contribution in [0.15, 0.2) is 24.3 Å². The fourth-order valence-electron chi connectivity index (χ4n) is 1.84. The smallest absolute Gasteiger partial charge is 0.317 e. The molecule has 1 unspecified atom stereocenters. The summed E-state index contributed by atoms with van der Waals surface area (Å²) in [7, 11) is 0. The summed E-state index contributed by atoms with van der Waals surface area (Å²) in [6.45, 7) is 2.09. The van der Waals surface area contributed by atoms with Gasteiger partial charge < -0.3 is 5.11 Å². The maximum atomic E-state index is 11.1. The first-order valence-electron chi connectivity index (χ1n) is 6.28. The minimum absolute atomic E-state index is 0.291. The molecule has 7 heteroatoms. The molecule has 0 fully saturated rings. The van der Waals surface area contributed by atoms with Crippen molar-refractivity contribution >= 4 is 17.7 Å². The zero-order chi connectivity index (χ0) is 14.5. The first kappa shape index (κ1) is 14.5. The highest BCUT2D eigenvalue weighted by Gasteiger charge is 2.20. The van der Waals surface area contributed by atoms with Crippen molar-refractivity contribution in [3.63, 3.8) is 0 Å². The molecule has 106 valence electrons. The molecule has 0 saturated heterocycles. The molecule has 1 atom stereocenters. The second kappa shape index (κ2) is 6.51. The summed E-state index contributed by atoms with van der Waals surface area (Å²) < 4.78 is 1.59. The van der Waals surface area contributed by atoms with Crippen molar-refractivity contribution in [2.75, 3.05) is 6.26 Å². The number of aromatic nitrogens is 4. The molecule has 0 amide bonds. The van der Waals surface area contributed by atoms with Gasteiger partial charge in [0.2, 0.25) is 0 Å². The van der Waals surface area contributed by atoms with Crippen molar-refractivity contribution in [2.45, 2.75) is 25.0 Å². The van der Waals surface area contributed by atoms with E-state index in [-0.39, 0.29) is 0 Å². The molecular weight excluding hydrogens is 276 g/mol. The minimum Gasteiger partial charge on any atom is -0.480 e. The van der Waals surface area contributed by atoms with Crippen LogP contribution in [-0.4, -0.2) is 42.8 Å². The van der Waals surface area contributed by atoms with Crippen molar-refractivity contribution in [1.82, 2.24) is 20.2 Å². The number of hydrogen-bond donors (Lipinski definition) is 1. The Hall–Kier alpha value is -1.89. The lowest BCUT2D eigenvalue weighted by atomic mass is 10.1. The number of carboxylic acids is 1. The molecule has 0 bridgehead atoms. The van der Waals surface area contributed by atoms with Crippen molar-refractivity contribution in [1.29, 1.82) is 0 Å². The molecule has 1 aromatic heterocycles. The summed E-state index contributed by atoms with van der Waals surface area (Å²) in [6, 6.07) is 7.91. The highest BCUT2D eigenvalue weighted by molar-refractivity contribution is 7.99. The first-order valence-corrected chi connectivity index (χ1v) is 7.56. The maximum absolute atomic E-state index is 11.1. The van der Waals surface area contributed by atoms with E-state index >= 15 is 0 Å². The molecule has 20 heavy (non-hydrogen) atoms. The lowest BCUT2D eigenvalue weighted by Gasteiger charge is -2.09. The molecule has 0 aliphatic rings. The van der Waals surface area contributed by atoms with Crippen LogP contribution in [0.4, 0.5) is 0 Å². The number of nitrogens with zero attached hydrogens (tertiary/aromatic N) is 4. The fraction of sp³-hybridized carbons (Fsp3) is 0.385. The highest BCUT2D eigenvalue weighted by atomic mass is 32.2. The quantitative estimate of drug-likeness (QED) is 0.870. The second-order valence-corrected chi connectivity index (χ2v) is 5.33. The topological polar surface area (TPSA) is 80.9 Å². The van der Waals surface area contributed by atoms with Gasteiger partial charge in [0.15, 0.2) is 5.82 Å². The van der Waals surface area contributed by atoms with Gasteiger partial charge in [0.1, 0.15) is 5.25 Å². The Kier molecular flexibility index (Phi) is 4.73. The molecular formula is C13H16N4O2S. The number of aliphatic carboxylic acids is 1. The lowest BCUT2D eigenvalue weighted by Crippen LogP contribution is -2.21. The molecule has 0 saturated carbocycles. The first-order chi connectivity index (χ1) is 9.65. The standard InChI is InChI=1S/C13H16N4O2S/c1-3-9-4-6-10(7-5-9)17-12(14-15-16-17)8-11(20-2)13(18)19/h4-7,11H,3,8H2,1-2H3,(H,18,19). The van der Waals surface area contributed by atoms with Crippen LogP contribution in [-0.2, 0) is 17.6 Å². The molecule has 6 nitrogen and oxygen atoms in total. The zero-order valence-electron chi connectivity index (χ0n) is 11.4. The summed E-state index contributed by atoms with van der Waals surface area (Å²) in [5.74, 6) is -0.302. The number of carboxylic acid groups (broad SMARTS) is 1. The predicted octanol–water partition coefficient (Wildman–Crippen LogP) is 1.58. The van der Waals surface area contributed by atoms with Gasteiger partial charge in [-0.15, -0.1) is 16.9 Å². The van der Waals surface area contributed by atoms with Gasteiger partial charge in [-0.05, 0) is 40.8 Å². The number of hydrogen-bond acceptors (Lipinski definition) is 5. The van der Waals surface area contributed by atoms with Gasteiger partial charge in [-0.25, -0.2) is 0 Å². The molecule has 1 aromatic carbocycles. The molecule has 2 rings (SSSR count). The third-order valence-electron chi connectivity index (χ3n) is 3.05. The molecule has 0 aliphatic heterocycles. The molecule has 2 aromatic rings. The van der Waals surface area contributed by atoms with E-state index in [0.717, 1.165) is 12.1 Å². The summed E-state index contributed by atoms with van der Waals surface area (Å²) in [5.41, 5.74) is 2.07. The maximum Gasteiger partial charge on any atom is 0.317 e. The Balaban J connectivity index is 2.25. The normalized spacial score (nSPS) is 12.3. The lowest BCUT2D eigenvalue weighted by molar-refractivity contribution is -0.136. The number of carbonyl (C=O) groups is 1. The van der Waals surface area contributed by atoms with Crippen LogP contribution in [0, 0.1) is 0 Å². The third-order valence-corrected chi connectivity index (χ3v) is 3.99. The van der Waals surface area contributed by atoms with Gasteiger partial charge in [-0.2, -0.15) is 4.68 Å². The number of thioether (sulfide) groups is 1. The Morgan fingerprint density at radius 2 is 2.10 bits per heavy atom. The predicted molar refractivity (Wildman–Crippen MR) is 77.2 cm³/mol. The van der Waals surface area contributed by atoms with Crippen molar-refractivity contribution in [3.05, 3.63) is 35.7 Å². The van der Waals surface area contributed by atoms with E-state index in [4.69, 9.17) is 5.11 Å². The van der Waals surface area contributed by atoms with E-state index in [1.54, 1.807) is 10.9 Å². The average Bonchev–Trinajstić information content (AvgIpc) is 2.92. The second-order valence-electron chi connectivity index (χ2n) is 4.29. The third kappa shape index (κ3) is 3.16. The Bertz CT molecular complexity index is 582. The fourth-order valence-corrected chi connectivity index (χ4v) is 2.36. The van der Waals surface area contributed by atoms with Crippen LogP contribution in [0.3, 0.4) is 0 Å². The largest absolute Gasteiger partial charge is 0.480 e. The Morgan fingerprint density at radius 1 is 1.40 bits per heavy atom. The van der Waals surface area contributed by atoms with E-state index in [1.165, 1.54) is 17.3 Å². The van der Waals surface area contributed by atoms with E-state index in [0.29, 0.717) is 12.2 Å². The van der Waals surface area contributed by atoms with Gasteiger partial charge in [0, 0.05) is 6.42 Å². The van der Waals surface area contributed by atoms with Crippen LogP contribution in [0.1, 0.15) is 18.3 Å². The van der Waals surface area contributed by atoms with E-state index in [2.05, 4.69) is 22.4 Å². The Labute approximate surface area is 121 Å². The summed E-state index contributed by atoms with van der Waals surface area (Å²) in [6.07, 6.45) is 3.03. The molecule has 1 N–H and O–H groups in total. The van der Waals surface area contributed by atoms with E-state index in [1.807, 2.05) is 24.3 Å². The Morgan fingerprint density at radius 3 is 2.65 bits per heavy atom. The van der Waals surface area contributed by atoms with Crippen LogP contribution < -0.4 is 0 Å². The van der Waals surface area contributed by atoms with Crippen LogP contribution in [0.2, 0.25) is 0 Å². The van der Waals surface area contributed by atoms with Crippen LogP contribution in [0.5, 0.6) is 0 Å². The summed E-state index contributed by atoms with van der Waals surface area (Å²) >= 11 is 1.28. The van der Waals surface area contributed by atoms with Gasteiger partial charge >= 0.3 is 5.97 Å². The highest BCUT2D eigenvalue weighted by Crippen LogP contribution is 2.15. The molecule has 1 heterocycles. The number of benzene rings is 1.